The molecule has 216 valence electrons. The Morgan fingerprint density at radius 2 is 1.82 bits per heavy atom. The lowest BCUT2D eigenvalue weighted by Crippen LogP contribution is -2.33. The molecule has 1 aromatic carbocycles. The molecule has 0 spiro atoms. The zero-order chi connectivity index (χ0) is 29.4. The number of aromatic nitrogens is 4. The van der Waals surface area contributed by atoms with Crippen molar-refractivity contribution in [1.29, 1.82) is 0 Å². The molecule has 10 nitrogen and oxygen atoms in total. The Balaban J connectivity index is 1.90. The van der Waals surface area contributed by atoms with Crippen LogP contribution >= 0.6 is 0 Å². The molecule has 40 heavy (non-hydrogen) atoms. The van der Waals surface area contributed by atoms with Crippen LogP contribution in [0.15, 0.2) is 35.3 Å². The molecule has 0 bridgehead atoms. The first-order valence-electron chi connectivity index (χ1n) is 12.9. The minimum absolute atomic E-state index is 0.0626. The van der Waals surface area contributed by atoms with Crippen LogP contribution in [0.1, 0.15) is 44.1 Å². The van der Waals surface area contributed by atoms with E-state index in [2.05, 4.69) is 25.3 Å². The van der Waals surface area contributed by atoms with Gasteiger partial charge in [-0.3, -0.25) is 4.79 Å². The minimum Gasteiger partial charge on any atom is -0.480 e. The second kappa shape index (κ2) is 13.3. The van der Waals surface area contributed by atoms with Crippen molar-refractivity contribution >= 4 is 17.7 Å². The van der Waals surface area contributed by atoms with E-state index in [0.717, 1.165) is 12.6 Å². The van der Waals surface area contributed by atoms with Crippen LogP contribution in [-0.2, 0) is 24.1 Å². The maximum atomic E-state index is 13.2. The van der Waals surface area contributed by atoms with E-state index in [1.807, 2.05) is 20.8 Å². The van der Waals surface area contributed by atoms with Crippen molar-refractivity contribution < 1.29 is 27.8 Å². The SMILES string of the molecule is CCCc1nc(OC)c(-c2ccc(C[C@H](Nc3nc(N(CC)CC)ncc3CC(F)(F)F)C(=O)O)cc2)c(=O)[nH]1. The molecule has 1 atom stereocenters. The van der Waals surface area contributed by atoms with Gasteiger partial charge in [0.25, 0.3) is 5.56 Å². The predicted octanol–water partition coefficient (Wildman–Crippen LogP) is 4.25. The van der Waals surface area contributed by atoms with Gasteiger partial charge in [0.1, 0.15) is 23.2 Å². The minimum atomic E-state index is -4.53. The molecule has 0 fully saturated rings. The molecule has 3 rings (SSSR count). The van der Waals surface area contributed by atoms with Gasteiger partial charge in [0.15, 0.2) is 0 Å². The Kier molecular flexibility index (Phi) is 10.1. The second-order valence-corrected chi connectivity index (χ2v) is 9.09. The number of aliphatic carboxylic acids is 1. The first-order valence-corrected chi connectivity index (χ1v) is 12.9. The van der Waals surface area contributed by atoms with Gasteiger partial charge < -0.3 is 25.0 Å². The molecule has 3 N–H and O–H groups in total. The monoisotopic (exact) mass is 562 g/mol. The van der Waals surface area contributed by atoms with Crippen molar-refractivity contribution in [1.82, 2.24) is 19.9 Å². The smallest absolute Gasteiger partial charge is 0.393 e. The van der Waals surface area contributed by atoms with Crippen LogP contribution in [-0.4, -0.2) is 63.4 Å². The molecule has 13 heteroatoms. The number of aryl methyl sites for hydroxylation is 1. The molecule has 0 aliphatic carbocycles. The lowest BCUT2D eigenvalue weighted by Gasteiger charge is -2.22. The summed E-state index contributed by atoms with van der Waals surface area (Å²) < 4.78 is 45.0. The second-order valence-electron chi connectivity index (χ2n) is 9.09. The van der Waals surface area contributed by atoms with E-state index in [-0.39, 0.29) is 40.8 Å². The summed E-state index contributed by atoms with van der Waals surface area (Å²) in [5, 5.41) is 12.6. The summed E-state index contributed by atoms with van der Waals surface area (Å²) in [5.74, 6) is -0.565. The van der Waals surface area contributed by atoms with E-state index >= 15 is 0 Å². The number of alkyl halides is 3. The Hall–Kier alpha value is -4.16. The van der Waals surface area contributed by atoms with Crippen LogP contribution in [0.4, 0.5) is 24.9 Å². The summed E-state index contributed by atoms with van der Waals surface area (Å²) in [6.45, 7) is 6.71. The number of rotatable bonds is 13. The van der Waals surface area contributed by atoms with E-state index in [4.69, 9.17) is 4.74 Å². The lowest BCUT2D eigenvalue weighted by atomic mass is 10.0. The van der Waals surface area contributed by atoms with Gasteiger partial charge in [-0.25, -0.2) is 9.78 Å². The van der Waals surface area contributed by atoms with Crippen molar-refractivity contribution in [3.05, 3.63) is 57.8 Å². The highest BCUT2D eigenvalue weighted by atomic mass is 19.4. The summed E-state index contributed by atoms with van der Waals surface area (Å²) in [6, 6.07) is 5.28. The van der Waals surface area contributed by atoms with Crippen LogP contribution < -0.4 is 20.5 Å². The standard InChI is InChI=1S/C27H33F3N6O4/c1-5-8-20-33-23(37)21(24(34-20)40-4)17-11-9-16(10-12-17)13-19(25(38)39)32-22-18(14-27(28,29)30)15-31-26(35-22)36(6-2)7-3/h9-12,15,19H,5-8,13-14H2,1-4H3,(H,38,39)(H,31,32,35)(H,33,34,37)/t19-/m0/s1. The predicted molar refractivity (Wildman–Crippen MR) is 145 cm³/mol. The maximum Gasteiger partial charge on any atom is 0.393 e. The number of hydrogen-bond acceptors (Lipinski definition) is 8. The fourth-order valence-electron chi connectivity index (χ4n) is 4.19. The first-order chi connectivity index (χ1) is 19.0. The van der Waals surface area contributed by atoms with Crippen molar-refractivity contribution in [3.63, 3.8) is 0 Å². The molecule has 2 heterocycles. The van der Waals surface area contributed by atoms with Crippen molar-refractivity contribution in [2.24, 2.45) is 0 Å². The number of halogens is 3. The molecule has 0 unspecified atom stereocenters. The average Bonchev–Trinajstić information content (AvgIpc) is 2.90. The summed E-state index contributed by atoms with van der Waals surface area (Å²) in [4.78, 5) is 42.0. The third kappa shape index (κ3) is 7.70. The van der Waals surface area contributed by atoms with Crippen LogP contribution in [0.2, 0.25) is 0 Å². The number of carbonyl (C=O) groups is 1. The molecular formula is C27H33F3N6O4. The van der Waals surface area contributed by atoms with Gasteiger partial charge in [-0.2, -0.15) is 23.1 Å². The number of benzene rings is 1. The van der Waals surface area contributed by atoms with Gasteiger partial charge in [0.05, 0.1) is 13.5 Å². The average molecular weight is 563 g/mol. The van der Waals surface area contributed by atoms with Gasteiger partial charge in [0, 0.05) is 37.7 Å². The normalized spacial score (nSPS) is 12.2. The van der Waals surface area contributed by atoms with Gasteiger partial charge in [-0.05, 0) is 31.4 Å². The maximum absolute atomic E-state index is 13.2. The summed E-state index contributed by atoms with van der Waals surface area (Å²) in [5.41, 5.74) is 0.714. The first kappa shape index (κ1) is 30.4. The quantitative estimate of drug-likeness (QED) is 0.280. The molecular weight excluding hydrogens is 529 g/mol. The Morgan fingerprint density at radius 1 is 1.15 bits per heavy atom. The lowest BCUT2D eigenvalue weighted by molar-refractivity contribution is -0.137. The molecule has 0 saturated carbocycles. The Bertz CT molecular complexity index is 1360. The number of nitrogens with zero attached hydrogens (tertiary/aromatic N) is 4. The van der Waals surface area contributed by atoms with E-state index in [9.17, 15) is 27.9 Å². The van der Waals surface area contributed by atoms with E-state index < -0.39 is 24.6 Å². The third-order valence-corrected chi connectivity index (χ3v) is 6.20. The molecule has 0 radical (unpaired) electrons. The van der Waals surface area contributed by atoms with E-state index in [1.165, 1.54) is 7.11 Å². The van der Waals surface area contributed by atoms with Gasteiger partial charge in [-0.1, -0.05) is 31.2 Å². The topological polar surface area (TPSA) is 133 Å². The molecule has 3 aromatic rings. The number of nitrogens with one attached hydrogen (secondary N) is 2. The number of methoxy groups -OCH3 is 1. The van der Waals surface area contributed by atoms with Crippen LogP contribution in [0.5, 0.6) is 5.88 Å². The Morgan fingerprint density at radius 3 is 2.38 bits per heavy atom. The largest absolute Gasteiger partial charge is 0.480 e. The van der Waals surface area contributed by atoms with Crippen LogP contribution in [0.25, 0.3) is 11.1 Å². The van der Waals surface area contributed by atoms with Gasteiger partial charge in [-0.15, -0.1) is 0 Å². The highest BCUT2D eigenvalue weighted by Gasteiger charge is 2.31. The third-order valence-electron chi connectivity index (χ3n) is 6.20. The molecule has 2 aromatic heterocycles. The number of ether oxygens (including phenoxy) is 1. The Labute approximate surface area is 229 Å². The molecule has 0 aliphatic heterocycles. The molecule has 0 saturated heterocycles. The highest BCUT2D eigenvalue weighted by molar-refractivity contribution is 5.78. The fourth-order valence-corrected chi connectivity index (χ4v) is 4.19. The van der Waals surface area contributed by atoms with E-state index in [0.29, 0.717) is 36.5 Å². The molecule has 0 aliphatic rings. The number of carboxylic acid groups (broad SMARTS) is 1. The molecule has 0 amide bonds. The zero-order valence-corrected chi connectivity index (χ0v) is 22.8. The van der Waals surface area contributed by atoms with Gasteiger partial charge >= 0.3 is 12.1 Å². The number of H-pyrrole nitrogens is 1. The highest BCUT2D eigenvalue weighted by Crippen LogP contribution is 2.28. The summed E-state index contributed by atoms with van der Waals surface area (Å²) in [7, 11) is 1.42. The number of anilines is 2. The van der Waals surface area contributed by atoms with Gasteiger partial charge in [0.2, 0.25) is 11.8 Å². The van der Waals surface area contributed by atoms with Crippen molar-refractivity contribution in [2.45, 2.75) is 58.7 Å². The van der Waals surface area contributed by atoms with Crippen molar-refractivity contribution in [3.8, 4) is 17.0 Å². The van der Waals surface area contributed by atoms with E-state index in [1.54, 1.807) is 29.2 Å². The van der Waals surface area contributed by atoms with Crippen molar-refractivity contribution in [2.75, 3.05) is 30.4 Å². The number of carboxylic acids is 1. The number of aromatic amines is 1. The zero-order valence-electron chi connectivity index (χ0n) is 22.8. The summed E-state index contributed by atoms with van der Waals surface area (Å²) >= 11 is 0. The van der Waals surface area contributed by atoms with Crippen LogP contribution in [0, 0.1) is 0 Å². The number of hydrogen-bond donors (Lipinski definition) is 3. The summed E-state index contributed by atoms with van der Waals surface area (Å²) in [6.07, 6.45) is -3.45. The van der Waals surface area contributed by atoms with Crippen LogP contribution in [0.3, 0.4) is 0 Å². The fraction of sp³-hybridized carbons (Fsp3) is 0.444.